The fourth-order valence-electron chi connectivity index (χ4n) is 1.61. The minimum Gasteiger partial charge on any atom is -0.410 e. The molecule has 0 fully saturated rings. The van der Waals surface area contributed by atoms with Gasteiger partial charge < -0.3 is 9.40 Å². The van der Waals surface area contributed by atoms with E-state index >= 15 is 0 Å². The van der Waals surface area contributed by atoms with Gasteiger partial charge in [0.15, 0.2) is 0 Å². The Bertz CT molecular complexity index is 666. The van der Waals surface area contributed by atoms with Crippen LogP contribution in [0.3, 0.4) is 0 Å². The molecule has 19 heavy (non-hydrogen) atoms. The third kappa shape index (κ3) is 3.08. The van der Waals surface area contributed by atoms with Gasteiger partial charge in [-0.15, -0.1) is 10.2 Å². The van der Waals surface area contributed by atoms with Crippen LogP contribution in [0.15, 0.2) is 56.7 Å². The lowest BCUT2D eigenvalue weighted by Crippen LogP contribution is -1.80. The number of hydrogen-bond donors (Lipinski definition) is 1. The van der Waals surface area contributed by atoms with Crippen LogP contribution < -0.4 is 0 Å². The van der Waals surface area contributed by atoms with Gasteiger partial charge in [0.05, 0.1) is 0 Å². The second-order valence-electron chi connectivity index (χ2n) is 3.88. The molecule has 0 aliphatic heterocycles. The molecule has 0 radical (unpaired) electrons. The van der Waals surface area contributed by atoms with Gasteiger partial charge in [0.2, 0.25) is 0 Å². The predicted octanol–water partition coefficient (Wildman–Crippen LogP) is 4.12. The van der Waals surface area contributed by atoms with E-state index in [4.69, 9.17) is 4.42 Å². The smallest absolute Gasteiger partial charge is 0.277 e. The van der Waals surface area contributed by atoms with E-state index < -0.39 is 0 Å². The van der Waals surface area contributed by atoms with Crippen LogP contribution in [0.25, 0.3) is 11.6 Å². The molecular formula is C13H10BrN3OS. The van der Waals surface area contributed by atoms with Crippen molar-refractivity contribution in [1.82, 2.24) is 15.2 Å². The van der Waals surface area contributed by atoms with Crippen LogP contribution in [-0.4, -0.2) is 15.2 Å². The van der Waals surface area contributed by atoms with Crippen molar-refractivity contribution in [3.63, 3.8) is 0 Å². The lowest BCUT2D eigenvalue weighted by molar-refractivity contribution is 0.464. The lowest BCUT2D eigenvalue weighted by atomic mass is 10.2. The van der Waals surface area contributed by atoms with Crippen LogP contribution in [0.2, 0.25) is 0 Å². The molecule has 3 rings (SSSR count). The first-order valence-corrected chi connectivity index (χ1v) is 7.43. The molecule has 96 valence electrons. The molecule has 0 atom stereocenters. The van der Waals surface area contributed by atoms with Crippen molar-refractivity contribution >= 4 is 27.7 Å². The average Bonchev–Trinajstić information content (AvgIpc) is 3.07. The third-order valence-electron chi connectivity index (χ3n) is 2.49. The van der Waals surface area contributed by atoms with Gasteiger partial charge >= 0.3 is 0 Å². The normalized spacial score (nSPS) is 10.8. The first kappa shape index (κ1) is 12.5. The van der Waals surface area contributed by atoms with E-state index in [0.717, 1.165) is 15.9 Å². The lowest BCUT2D eigenvalue weighted by Gasteiger charge is -1.98. The molecule has 0 aliphatic rings. The summed E-state index contributed by atoms with van der Waals surface area (Å²) < 4.78 is 6.65. The summed E-state index contributed by atoms with van der Waals surface area (Å²) in [6.07, 6.45) is 1.83. The second-order valence-corrected chi connectivity index (χ2v) is 5.72. The summed E-state index contributed by atoms with van der Waals surface area (Å²) in [4.78, 5) is 3.04. The van der Waals surface area contributed by atoms with Crippen LogP contribution in [0.4, 0.5) is 0 Å². The summed E-state index contributed by atoms with van der Waals surface area (Å²) in [5, 5.41) is 8.61. The molecule has 0 aliphatic carbocycles. The Labute approximate surface area is 122 Å². The molecule has 1 N–H and O–H groups in total. The van der Waals surface area contributed by atoms with Crippen molar-refractivity contribution in [2.45, 2.75) is 11.0 Å². The maximum Gasteiger partial charge on any atom is 0.277 e. The Morgan fingerprint density at radius 2 is 2.16 bits per heavy atom. The Morgan fingerprint density at radius 1 is 1.21 bits per heavy atom. The Balaban J connectivity index is 1.68. The molecule has 0 amide bonds. The molecule has 4 nitrogen and oxygen atoms in total. The number of aromatic amines is 1. The van der Waals surface area contributed by atoms with Gasteiger partial charge in [0, 0.05) is 16.4 Å². The van der Waals surface area contributed by atoms with Crippen LogP contribution in [0, 0.1) is 0 Å². The summed E-state index contributed by atoms with van der Waals surface area (Å²) >= 11 is 4.98. The maximum absolute atomic E-state index is 5.58. The van der Waals surface area contributed by atoms with Gasteiger partial charge in [0.25, 0.3) is 11.1 Å². The topological polar surface area (TPSA) is 54.7 Å². The molecule has 6 heteroatoms. The molecular weight excluding hydrogens is 326 g/mol. The van der Waals surface area contributed by atoms with E-state index in [2.05, 4.69) is 43.2 Å². The second kappa shape index (κ2) is 5.63. The highest BCUT2D eigenvalue weighted by molar-refractivity contribution is 9.10. The van der Waals surface area contributed by atoms with Crippen molar-refractivity contribution in [2.24, 2.45) is 0 Å². The van der Waals surface area contributed by atoms with E-state index in [1.807, 2.05) is 30.5 Å². The molecule has 3 aromatic rings. The number of nitrogens with zero attached hydrogens (tertiary/aromatic N) is 2. The van der Waals surface area contributed by atoms with Crippen LogP contribution >= 0.6 is 27.7 Å². The number of halogens is 1. The quantitative estimate of drug-likeness (QED) is 0.728. The first-order valence-electron chi connectivity index (χ1n) is 5.66. The summed E-state index contributed by atoms with van der Waals surface area (Å²) in [6, 6.07) is 12.0. The highest BCUT2D eigenvalue weighted by Crippen LogP contribution is 2.25. The highest BCUT2D eigenvalue weighted by Gasteiger charge is 2.09. The summed E-state index contributed by atoms with van der Waals surface area (Å²) in [6.45, 7) is 0. The first-order chi connectivity index (χ1) is 9.31. The van der Waals surface area contributed by atoms with Gasteiger partial charge in [-0.3, -0.25) is 0 Å². The van der Waals surface area contributed by atoms with Crippen LogP contribution in [0.5, 0.6) is 0 Å². The van der Waals surface area contributed by atoms with E-state index in [1.54, 1.807) is 0 Å². The predicted molar refractivity (Wildman–Crippen MR) is 77.8 cm³/mol. The van der Waals surface area contributed by atoms with Crippen LogP contribution in [0.1, 0.15) is 5.56 Å². The van der Waals surface area contributed by atoms with Gasteiger partial charge in [-0.2, -0.15) is 0 Å². The van der Waals surface area contributed by atoms with Crippen molar-refractivity contribution in [3.8, 4) is 11.6 Å². The Kier molecular flexibility index (Phi) is 3.70. The van der Waals surface area contributed by atoms with Crippen LogP contribution in [-0.2, 0) is 5.75 Å². The minimum atomic E-state index is 0.516. The molecule has 2 aromatic heterocycles. The number of benzene rings is 1. The van der Waals surface area contributed by atoms with E-state index in [-0.39, 0.29) is 0 Å². The largest absolute Gasteiger partial charge is 0.410 e. The third-order valence-corrected chi connectivity index (χ3v) is 3.87. The fraction of sp³-hybridized carbons (Fsp3) is 0.0769. The van der Waals surface area contributed by atoms with Gasteiger partial charge in [0.1, 0.15) is 5.69 Å². The number of nitrogens with one attached hydrogen (secondary N) is 1. The molecule has 0 saturated carbocycles. The van der Waals surface area contributed by atoms with E-state index in [0.29, 0.717) is 11.1 Å². The zero-order chi connectivity index (χ0) is 13.1. The van der Waals surface area contributed by atoms with Gasteiger partial charge in [-0.1, -0.05) is 39.8 Å². The average molecular weight is 336 g/mol. The number of rotatable bonds is 4. The summed E-state index contributed by atoms with van der Waals surface area (Å²) in [5.74, 6) is 1.31. The van der Waals surface area contributed by atoms with Gasteiger partial charge in [-0.25, -0.2) is 0 Å². The SMILES string of the molecule is Brc1cccc(CSc2nnc(-c3ccc[nH]3)o2)c1. The minimum absolute atomic E-state index is 0.516. The maximum atomic E-state index is 5.58. The standard InChI is InChI=1S/C13H10BrN3OS/c14-10-4-1-3-9(7-10)8-19-13-17-16-12(18-13)11-5-2-6-15-11/h1-7,15H,8H2. The number of hydrogen-bond acceptors (Lipinski definition) is 4. The zero-order valence-corrected chi connectivity index (χ0v) is 12.2. The highest BCUT2D eigenvalue weighted by atomic mass is 79.9. The molecule has 0 saturated heterocycles. The monoisotopic (exact) mass is 335 g/mol. The summed E-state index contributed by atoms with van der Waals surface area (Å²) in [7, 11) is 0. The van der Waals surface area contributed by atoms with E-state index in [1.165, 1.54) is 17.3 Å². The van der Waals surface area contributed by atoms with Crippen molar-refractivity contribution in [2.75, 3.05) is 0 Å². The number of aromatic nitrogens is 3. The molecule has 0 spiro atoms. The molecule has 0 unspecified atom stereocenters. The molecule has 0 bridgehead atoms. The molecule has 1 aromatic carbocycles. The fourth-order valence-corrected chi connectivity index (χ4v) is 2.76. The van der Waals surface area contributed by atoms with Crippen molar-refractivity contribution < 1.29 is 4.42 Å². The van der Waals surface area contributed by atoms with Crippen molar-refractivity contribution in [1.29, 1.82) is 0 Å². The van der Waals surface area contributed by atoms with Crippen molar-refractivity contribution in [3.05, 3.63) is 52.6 Å². The number of H-pyrrole nitrogens is 1. The zero-order valence-electron chi connectivity index (χ0n) is 9.84. The molecule has 2 heterocycles. The van der Waals surface area contributed by atoms with Gasteiger partial charge in [-0.05, 0) is 29.8 Å². The Hall–Kier alpha value is -1.53. The number of thioether (sulfide) groups is 1. The Morgan fingerprint density at radius 3 is 2.95 bits per heavy atom. The van der Waals surface area contributed by atoms with E-state index in [9.17, 15) is 0 Å². The summed E-state index contributed by atoms with van der Waals surface area (Å²) in [5.41, 5.74) is 2.04.